The Morgan fingerprint density at radius 3 is 2.58 bits per heavy atom. The number of fused-ring (bicyclic) bond motifs is 1. The Bertz CT molecular complexity index is 785. The van der Waals surface area contributed by atoms with Crippen molar-refractivity contribution >= 4 is 26.6 Å². The number of hydrogen-bond donors (Lipinski definition) is 1. The van der Waals surface area contributed by atoms with Crippen molar-refractivity contribution in [3.05, 3.63) is 30.5 Å². The van der Waals surface area contributed by atoms with Gasteiger partial charge in [-0.1, -0.05) is 12.1 Å². The summed E-state index contributed by atoms with van der Waals surface area (Å²) in [5, 5.41) is 0.837. The predicted molar refractivity (Wildman–Crippen MR) is 71.3 cm³/mol. The van der Waals surface area contributed by atoms with E-state index in [0.29, 0.717) is 18.4 Å². The lowest BCUT2D eigenvalue weighted by molar-refractivity contribution is -0.118. The first kappa shape index (κ1) is 12.2. The molecule has 0 aliphatic heterocycles. The van der Waals surface area contributed by atoms with Gasteiger partial charge in [-0.25, -0.2) is 8.42 Å². The zero-order valence-electron chi connectivity index (χ0n) is 10.5. The molecule has 1 heterocycles. The highest BCUT2D eigenvalue weighted by atomic mass is 32.2. The summed E-state index contributed by atoms with van der Waals surface area (Å²) in [5.74, 6) is -0.751. The van der Waals surface area contributed by atoms with E-state index in [1.54, 1.807) is 29.9 Å². The number of hydrogen-bond acceptors (Lipinski definition) is 3. The molecule has 0 radical (unpaired) electrons. The van der Waals surface area contributed by atoms with Crippen LogP contribution in [0.3, 0.4) is 0 Å². The monoisotopic (exact) mass is 278 g/mol. The first-order valence-electron chi connectivity index (χ1n) is 5.99. The van der Waals surface area contributed by atoms with Gasteiger partial charge in [-0.2, -0.15) is 0 Å². The summed E-state index contributed by atoms with van der Waals surface area (Å²) in [6.45, 7) is 0. The molecule has 5 nitrogen and oxygen atoms in total. The van der Waals surface area contributed by atoms with Crippen LogP contribution in [0.15, 0.2) is 35.4 Å². The van der Waals surface area contributed by atoms with E-state index in [9.17, 15) is 13.2 Å². The van der Waals surface area contributed by atoms with E-state index in [-0.39, 0.29) is 4.90 Å². The highest BCUT2D eigenvalue weighted by Gasteiger charge is 2.60. The molecule has 2 aromatic rings. The van der Waals surface area contributed by atoms with Crippen LogP contribution in [-0.4, -0.2) is 23.6 Å². The molecule has 1 fully saturated rings. The smallest absolute Gasteiger partial charge is 0.239 e. The molecule has 0 unspecified atom stereocenters. The van der Waals surface area contributed by atoms with Crippen LogP contribution in [0, 0.1) is 0 Å². The van der Waals surface area contributed by atoms with Crippen molar-refractivity contribution in [1.29, 1.82) is 0 Å². The third-order valence-corrected chi connectivity index (χ3v) is 6.36. The molecule has 1 amide bonds. The van der Waals surface area contributed by atoms with Crippen LogP contribution in [0.1, 0.15) is 12.8 Å². The fourth-order valence-corrected chi connectivity index (χ4v) is 4.61. The summed E-state index contributed by atoms with van der Waals surface area (Å²) in [6.07, 6.45) is 2.42. The van der Waals surface area contributed by atoms with Crippen molar-refractivity contribution in [1.82, 2.24) is 4.57 Å². The van der Waals surface area contributed by atoms with Gasteiger partial charge >= 0.3 is 0 Å². The number of benzene rings is 1. The summed E-state index contributed by atoms with van der Waals surface area (Å²) < 4.78 is 25.8. The Labute approximate surface area is 110 Å². The zero-order valence-corrected chi connectivity index (χ0v) is 11.3. The number of para-hydroxylation sites is 1. The maximum absolute atomic E-state index is 12.7. The van der Waals surface area contributed by atoms with Gasteiger partial charge in [0, 0.05) is 18.6 Å². The lowest BCUT2D eigenvalue weighted by Gasteiger charge is -2.14. The second-order valence-electron chi connectivity index (χ2n) is 4.98. The van der Waals surface area contributed by atoms with Crippen molar-refractivity contribution in [2.45, 2.75) is 22.5 Å². The molecule has 6 heteroatoms. The summed E-state index contributed by atoms with van der Waals surface area (Å²) >= 11 is 0. The molecule has 1 aliphatic rings. The zero-order chi connectivity index (χ0) is 13.8. The Morgan fingerprint density at radius 1 is 1.32 bits per heavy atom. The van der Waals surface area contributed by atoms with Crippen LogP contribution in [0.2, 0.25) is 0 Å². The first-order chi connectivity index (χ1) is 8.90. The van der Waals surface area contributed by atoms with E-state index < -0.39 is 20.5 Å². The number of primary amides is 1. The molecule has 1 aromatic carbocycles. The molecule has 1 saturated carbocycles. The Kier molecular flexibility index (Phi) is 2.32. The van der Waals surface area contributed by atoms with Gasteiger partial charge in [0.1, 0.15) is 0 Å². The average Bonchev–Trinajstić information content (AvgIpc) is 3.11. The van der Waals surface area contributed by atoms with Crippen LogP contribution in [0.4, 0.5) is 0 Å². The first-order valence-corrected chi connectivity index (χ1v) is 7.47. The third kappa shape index (κ3) is 1.46. The van der Waals surface area contributed by atoms with Gasteiger partial charge in [0.25, 0.3) is 0 Å². The molecule has 100 valence electrons. The lowest BCUT2D eigenvalue weighted by Crippen LogP contribution is -2.38. The minimum Gasteiger partial charge on any atom is -0.368 e. The van der Waals surface area contributed by atoms with E-state index >= 15 is 0 Å². The van der Waals surface area contributed by atoms with Crippen molar-refractivity contribution in [3.8, 4) is 0 Å². The predicted octanol–water partition coefficient (Wildman–Crippen LogP) is 0.970. The summed E-state index contributed by atoms with van der Waals surface area (Å²) in [6, 6.07) is 6.92. The molecule has 0 bridgehead atoms. The number of aromatic nitrogens is 1. The molecule has 1 aliphatic carbocycles. The maximum atomic E-state index is 12.7. The number of nitrogens with zero attached hydrogens (tertiary/aromatic N) is 1. The molecule has 1 aromatic heterocycles. The van der Waals surface area contributed by atoms with Crippen molar-refractivity contribution in [3.63, 3.8) is 0 Å². The number of amides is 1. The normalized spacial score (nSPS) is 17.5. The van der Waals surface area contributed by atoms with E-state index in [1.165, 1.54) is 0 Å². The molecule has 0 spiro atoms. The second kappa shape index (κ2) is 3.60. The van der Waals surface area contributed by atoms with Gasteiger partial charge in [-0.15, -0.1) is 0 Å². The van der Waals surface area contributed by atoms with Gasteiger partial charge in [0.15, 0.2) is 14.6 Å². The number of carbonyl (C=O) groups is 1. The minimum atomic E-state index is -3.74. The number of aryl methyl sites for hydroxylation is 1. The van der Waals surface area contributed by atoms with Gasteiger partial charge < -0.3 is 10.3 Å². The van der Waals surface area contributed by atoms with Crippen LogP contribution < -0.4 is 5.73 Å². The summed E-state index contributed by atoms with van der Waals surface area (Å²) in [4.78, 5) is 11.7. The van der Waals surface area contributed by atoms with E-state index in [0.717, 1.165) is 5.39 Å². The average molecular weight is 278 g/mol. The van der Waals surface area contributed by atoms with E-state index in [1.807, 2.05) is 12.1 Å². The van der Waals surface area contributed by atoms with Crippen molar-refractivity contribution in [2.24, 2.45) is 12.8 Å². The molecule has 0 saturated heterocycles. The highest BCUT2D eigenvalue weighted by Crippen LogP contribution is 2.47. The van der Waals surface area contributed by atoms with E-state index in [4.69, 9.17) is 5.73 Å². The van der Waals surface area contributed by atoms with Crippen molar-refractivity contribution < 1.29 is 13.2 Å². The minimum absolute atomic E-state index is 0.189. The van der Waals surface area contributed by atoms with Gasteiger partial charge in [-0.3, -0.25) is 4.79 Å². The number of sulfone groups is 1. The number of carbonyl (C=O) groups excluding carboxylic acids is 1. The standard InChI is InChI=1S/C13H14N2O3S/c1-15-8-5-9-3-2-4-10(11(9)15)19(17,18)13(6-7-13)12(14)16/h2-5,8H,6-7H2,1H3,(H2,14,16). The number of rotatable bonds is 3. The van der Waals surface area contributed by atoms with Crippen LogP contribution in [-0.2, 0) is 21.7 Å². The van der Waals surface area contributed by atoms with Gasteiger partial charge in [0.2, 0.25) is 5.91 Å². The maximum Gasteiger partial charge on any atom is 0.239 e. The summed E-state index contributed by atoms with van der Waals surface area (Å²) in [5.41, 5.74) is 5.91. The molecule has 3 rings (SSSR count). The number of nitrogens with two attached hydrogens (primary N) is 1. The van der Waals surface area contributed by atoms with Crippen LogP contribution in [0.25, 0.3) is 10.9 Å². The largest absolute Gasteiger partial charge is 0.368 e. The molecular formula is C13H14N2O3S. The van der Waals surface area contributed by atoms with Gasteiger partial charge in [0.05, 0.1) is 10.4 Å². The molecule has 0 atom stereocenters. The van der Waals surface area contributed by atoms with Gasteiger partial charge in [-0.05, 0) is 25.0 Å². The molecule has 2 N–H and O–H groups in total. The molecular weight excluding hydrogens is 264 g/mol. The fourth-order valence-electron chi connectivity index (χ4n) is 2.51. The Hall–Kier alpha value is -1.82. The van der Waals surface area contributed by atoms with Crippen molar-refractivity contribution in [2.75, 3.05) is 0 Å². The SMILES string of the molecule is Cn1ccc2cccc(S(=O)(=O)C3(C(N)=O)CC3)c21. The van der Waals surface area contributed by atoms with Crippen LogP contribution >= 0.6 is 0 Å². The highest BCUT2D eigenvalue weighted by molar-refractivity contribution is 7.94. The van der Waals surface area contributed by atoms with Crippen LogP contribution in [0.5, 0.6) is 0 Å². The Balaban J connectivity index is 2.31. The Morgan fingerprint density at radius 2 is 2.00 bits per heavy atom. The topological polar surface area (TPSA) is 82.2 Å². The molecule has 19 heavy (non-hydrogen) atoms. The second-order valence-corrected chi connectivity index (χ2v) is 7.21. The lowest BCUT2D eigenvalue weighted by atomic mass is 10.2. The fraction of sp³-hybridized carbons (Fsp3) is 0.308. The quantitative estimate of drug-likeness (QED) is 0.908. The van der Waals surface area contributed by atoms with E-state index in [2.05, 4.69) is 0 Å². The third-order valence-electron chi connectivity index (χ3n) is 3.82. The summed E-state index contributed by atoms with van der Waals surface area (Å²) in [7, 11) is -1.96.